The lowest BCUT2D eigenvalue weighted by atomic mass is 10.2. The molecule has 0 radical (unpaired) electrons. The quantitative estimate of drug-likeness (QED) is 0.453. The number of carbonyl (C=O) groups excluding carboxylic acids is 1. The van der Waals surface area contributed by atoms with Crippen LogP contribution in [0.2, 0.25) is 5.02 Å². The van der Waals surface area contributed by atoms with Gasteiger partial charge in [-0.05, 0) is 12.1 Å². The van der Waals surface area contributed by atoms with Crippen LogP contribution in [-0.2, 0) is 11.3 Å². The average Bonchev–Trinajstić information content (AvgIpc) is 2.41. The zero-order valence-electron chi connectivity index (χ0n) is 10.7. The number of halogens is 2. The first-order valence-corrected chi connectivity index (χ1v) is 6.12. The van der Waals surface area contributed by atoms with Crippen molar-refractivity contribution in [3.05, 3.63) is 63.9 Å². The van der Waals surface area contributed by atoms with Gasteiger partial charge in [-0.2, -0.15) is 4.57 Å². The van der Waals surface area contributed by atoms with E-state index >= 15 is 0 Å². The first-order valence-electron chi connectivity index (χ1n) is 5.74. The van der Waals surface area contributed by atoms with Gasteiger partial charge in [-0.25, -0.2) is 0 Å². The van der Waals surface area contributed by atoms with Gasteiger partial charge < -0.3 is 17.7 Å². The summed E-state index contributed by atoms with van der Waals surface area (Å²) in [5.74, 6) is -0.280. The van der Waals surface area contributed by atoms with Crippen LogP contribution in [0.25, 0.3) is 0 Å². The van der Waals surface area contributed by atoms with Crippen LogP contribution in [0.1, 0.15) is 0 Å². The van der Waals surface area contributed by atoms with Gasteiger partial charge in [0, 0.05) is 23.9 Å². The minimum Gasteiger partial charge on any atom is -1.00 e. The molecule has 1 N–H and O–H groups in total. The van der Waals surface area contributed by atoms with E-state index in [1.54, 1.807) is 29.1 Å². The van der Waals surface area contributed by atoms with Gasteiger partial charge in [0.15, 0.2) is 12.4 Å². The number of anilines is 1. The summed E-state index contributed by atoms with van der Waals surface area (Å²) in [5, 5.41) is 13.4. The molecule has 1 heterocycles. The van der Waals surface area contributed by atoms with E-state index in [4.69, 9.17) is 11.6 Å². The van der Waals surface area contributed by atoms with E-state index in [-0.39, 0.29) is 35.6 Å². The van der Waals surface area contributed by atoms with E-state index in [0.717, 1.165) is 0 Å². The number of aromatic nitrogens is 1. The van der Waals surface area contributed by atoms with E-state index in [1.165, 1.54) is 18.2 Å². The minimum atomic E-state index is -0.593. The van der Waals surface area contributed by atoms with Gasteiger partial charge >= 0.3 is 0 Å². The average molecular weight is 328 g/mol. The van der Waals surface area contributed by atoms with Crippen molar-refractivity contribution >= 4 is 28.9 Å². The van der Waals surface area contributed by atoms with E-state index in [1.807, 2.05) is 6.07 Å². The molecule has 0 unspecified atom stereocenters. The van der Waals surface area contributed by atoms with Crippen molar-refractivity contribution < 1.29 is 26.7 Å². The lowest BCUT2D eigenvalue weighted by molar-refractivity contribution is -0.684. The maximum Gasteiger partial charge on any atom is 0.290 e. The Labute approximate surface area is 131 Å². The van der Waals surface area contributed by atoms with Crippen molar-refractivity contribution in [2.24, 2.45) is 0 Å². The summed E-state index contributed by atoms with van der Waals surface area (Å²) in [6, 6.07) is 9.58. The maximum atomic E-state index is 11.8. The van der Waals surface area contributed by atoms with Gasteiger partial charge in [0.25, 0.3) is 11.6 Å². The fraction of sp³-hybridized carbons (Fsp3) is 0.0769. The molecule has 110 valence electrons. The molecule has 1 aromatic carbocycles. The fourth-order valence-electron chi connectivity index (χ4n) is 1.64. The molecule has 0 atom stereocenters. The number of benzene rings is 1. The van der Waals surface area contributed by atoms with Crippen LogP contribution >= 0.6 is 11.6 Å². The van der Waals surface area contributed by atoms with Gasteiger partial charge in [0.1, 0.15) is 5.02 Å². The highest BCUT2D eigenvalue weighted by Gasteiger charge is 2.15. The fourth-order valence-corrected chi connectivity index (χ4v) is 1.82. The first-order chi connectivity index (χ1) is 9.56. The van der Waals surface area contributed by atoms with Gasteiger partial charge in [0.2, 0.25) is 6.54 Å². The topological polar surface area (TPSA) is 76.1 Å². The summed E-state index contributed by atoms with van der Waals surface area (Å²) in [6.45, 7) is 0.122. The third kappa shape index (κ3) is 4.70. The van der Waals surface area contributed by atoms with Crippen LogP contribution in [0, 0.1) is 10.1 Å². The number of pyridine rings is 1. The Kier molecular flexibility index (Phi) is 6.08. The molecule has 2 aromatic rings. The summed E-state index contributed by atoms with van der Waals surface area (Å²) in [7, 11) is 0. The van der Waals surface area contributed by atoms with Crippen LogP contribution in [0.5, 0.6) is 0 Å². The van der Waals surface area contributed by atoms with Crippen LogP contribution < -0.4 is 22.3 Å². The monoisotopic (exact) mass is 327 g/mol. The van der Waals surface area contributed by atoms with Crippen molar-refractivity contribution in [1.82, 2.24) is 0 Å². The van der Waals surface area contributed by atoms with Crippen molar-refractivity contribution in [2.75, 3.05) is 5.32 Å². The van der Waals surface area contributed by atoms with Crippen molar-refractivity contribution in [2.45, 2.75) is 6.54 Å². The minimum absolute atomic E-state index is 0. The number of amides is 1. The largest absolute Gasteiger partial charge is 1.00 e. The van der Waals surface area contributed by atoms with E-state index in [9.17, 15) is 14.9 Å². The Morgan fingerprint density at radius 3 is 2.57 bits per heavy atom. The Morgan fingerprint density at radius 1 is 1.29 bits per heavy atom. The zero-order chi connectivity index (χ0) is 14.5. The predicted molar refractivity (Wildman–Crippen MR) is 73.4 cm³/mol. The molecule has 1 aromatic heterocycles. The third-order valence-corrected chi connectivity index (χ3v) is 2.85. The molecule has 21 heavy (non-hydrogen) atoms. The number of rotatable bonds is 4. The second-order valence-corrected chi connectivity index (χ2v) is 4.43. The van der Waals surface area contributed by atoms with E-state index in [0.29, 0.717) is 5.69 Å². The molecule has 0 aliphatic rings. The normalized spacial score (nSPS) is 9.57. The zero-order valence-corrected chi connectivity index (χ0v) is 12.2. The van der Waals surface area contributed by atoms with Gasteiger partial charge in [-0.3, -0.25) is 14.9 Å². The molecule has 0 aliphatic heterocycles. The van der Waals surface area contributed by atoms with Crippen molar-refractivity contribution in [1.29, 1.82) is 0 Å². The molecule has 0 saturated heterocycles. The molecule has 0 spiro atoms. The van der Waals surface area contributed by atoms with E-state index < -0.39 is 4.92 Å². The van der Waals surface area contributed by atoms with Crippen LogP contribution in [0.3, 0.4) is 0 Å². The Hall–Kier alpha value is -2.18. The molecule has 8 heteroatoms. The van der Waals surface area contributed by atoms with Gasteiger partial charge in [0.05, 0.1) is 4.92 Å². The molecule has 0 aliphatic carbocycles. The van der Waals surface area contributed by atoms with Gasteiger partial charge in [-0.1, -0.05) is 17.7 Å². The van der Waals surface area contributed by atoms with Crippen LogP contribution in [0.4, 0.5) is 11.4 Å². The Balaban J connectivity index is 0.00000220. The summed E-state index contributed by atoms with van der Waals surface area (Å²) in [5.41, 5.74) is 0.0967. The van der Waals surface area contributed by atoms with Gasteiger partial charge in [-0.15, -0.1) is 0 Å². The lowest BCUT2D eigenvalue weighted by Crippen LogP contribution is -3.00. The molecule has 0 saturated carbocycles. The van der Waals surface area contributed by atoms with Crippen LogP contribution in [0.15, 0.2) is 48.8 Å². The third-order valence-electron chi connectivity index (χ3n) is 2.53. The molecule has 2 rings (SSSR count). The summed E-state index contributed by atoms with van der Waals surface area (Å²) >= 11 is 5.70. The lowest BCUT2D eigenvalue weighted by Gasteiger charge is -2.03. The predicted octanol–water partition coefficient (Wildman–Crippen LogP) is -0.822. The molecule has 1 amide bonds. The highest BCUT2D eigenvalue weighted by molar-refractivity contribution is 6.32. The molecule has 0 fully saturated rings. The molecular weight excluding hydrogens is 317 g/mol. The molecule has 6 nitrogen and oxygen atoms in total. The highest BCUT2D eigenvalue weighted by atomic mass is 35.5. The number of hydrogen-bond donors (Lipinski definition) is 1. The summed E-state index contributed by atoms with van der Waals surface area (Å²) in [6.07, 6.45) is 3.51. The smallest absolute Gasteiger partial charge is 0.290 e. The number of hydrogen-bond acceptors (Lipinski definition) is 3. The number of nitrogens with zero attached hydrogens (tertiary/aromatic N) is 2. The summed E-state index contributed by atoms with van der Waals surface area (Å²) in [4.78, 5) is 22.0. The van der Waals surface area contributed by atoms with Crippen molar-refractivity contribution in [3.8, 4) is 0 Å². The number of nitrogens with one attached hydrogen (secondary N) is 1. The SMILES string of the molecule is O=C(C[n+]1ccccc1)Nc1ccc(Cl)c([N+](=O)[O-])c1.[Cl-]. The Bertz CT molecular complexity index is 650. The second-order valence-electron chi connectivity index (χ2n) is 4.02. The standard InChI is InChI=1S/C13H10ClN3O3.ClH/c14-11-5-4-10(8-12(11)17(19)20)15-13(18)9-16-6-2-1-3-7-16;/h1-8H,9H2;1H. The summed E-state index contributed by atoms with van der Waals surface area (Å²) < 4.78 is 1.69. The molecular formula is C13H11Cl2N3O3. The second kappa shape index (κ2) is 7.56. The highest BCUT2D eigenvalue weighted by Crippen LogP contribution is 2.27. The van der Waals surface area contributed by atoms with E-state index in [2.05, 4.69) is 5.32 Å². The van der Waals surface area contributed by atoms with Crippen LogP contribution in [-0.4, -0.2) is 10.8 Å². The van der Waals surface area contributed by atoms with Crippen molar-refractivity contribution in [3.63, 3.8) is 0 Å². The number of nitro groups is 1. The number of carbonyl (C=O) groups is 1. The Morgan fingerprint density at radius 2 is 1.95 bits per heavy atom. The number of nitro benzene ring substituents is 1. The molecule has 0 bridgehead atoms. The maximum absolute atomic E-state index is 11.8. The first kappa shape index (κ1) is 16.9.